The van der Waals surface area contributed by atoms with Gasteiger partial charge in [0, 0.05) is 29.7 Å². The van der Waals surface area contributed by atoms with E-state index in [0.29, 0.717) is 13.0 Å². The quantitative estimate of drug-likeness (QED) is 0.561. The summed E-state index contributed by atoms with van der Waals surface area (Å²) in [6.45, 7) is 3.54. The first kappa shape index (κ1) is 18.5. The van der Waals surface area contributed by atoms with Crippen LogP contribution in [0.2, 0.25) is 0 Å². The topological polar surface area (TPSA) is 128 Å². The lowest BCUT2D eigenvalue weighted by Crippen LogP contribution is -2.64. The number of aliphatic hydroxyl groups is 1. The molecule has 9 heteroatoms. The second-order valence-corrected chi connectivity index (χ2v) is 7.04. The van der Waals surface area contributed by atoms with Crippen LogP contribution in [0.1, 0.15) is 43.7 Å². The lowest BCUT2D eigenvalue weighted by molar-refractivity contribution is -0.392. The van der Waals surface area contributed by atoms with Gasteiger partial charge in [-0.25, -0.2) is 0 Å². The highest BCUT2D eigenvalue weighted by Crippen LogP contribution is 2.59. The van der Waals surface area contributed by atoms with Gasteiger partial charge in [-0.1, -0.05) is 6.42 Å². The third-order valence-corrected chi connectivity index (χ3v) is 5.95. The molecule has 1 aromatic carbocycles. The van der Waals surface area contributed by atoms with Gasteiger partial charge >= 0.3 is 5.69 Å². The minimum atomic E-state index is -0.639. The Labute approximate surface area is 150 Å². The molecule has 0 saturated heterocycles. The van der Waals surface area contributed by atoms with Crippen LogP contribution in [0, 0.1) is 32.6 Å². The Balaban J connectivity index is 2.00. The number of nitrogens with one attached hydrogen (secondary N) is 1. The van der Waals surface area contributed by atoms with E-state index in [1.807, 2.05) is 6.92 Å². The molecule has 2 aliphatic rings. The Bertz CT molecular complexity index is 747. The molecule has 0 aliphatic heterocycles. The molecule has 0 aromatic heterocycles. The van der Waals surface area contributed by atoms with Crippen LogP contribution in [0.5, 0.6) is 0 Å². The van der Waals surface area contributed by atoms with Crippen molar-refractivity contribution in [2.24, 2.45) is 5.41 Å². The molecule has 1 spiro atoms. The van der Waals surface area contributed by atoms with Crippen molar-refractivity contribution in [3.8, 4) is 0 Å². The highest BCUT2D eigenvalue weighted by molar-refractivity contribution is 5.78. The standard InChI is InChI=1S/C17H23N3O6/c1-3-26-14-8-13(17(14)5-4-6-17)18-15-12(19(22)23)7-11(9-21)10(2)16(15)20(24)25/h7,13-14,18,21H,3-6,8-9H2,1-2H3. The Kier molecular flexibility index (Phi) is 4.85. The molecule has 9 nitrogen and oxygen atoms in total. The van der Waals surface area contributed by atoms with Gasteiger partial charge in [-0.3, -0.25) is 20.2 Å². The van der Waals surface area contributed by atoms with E-state index in [0.717, 1.165) is 19.3 Å². The van der Waals surface area contributed by atoms with Crippen LogP contribution in [0.15, 0.2) is 6.07 Å². The second-order valence-electron chi connectivity index (χ2n) is 7.04. The molecule has 2 saturated carbocycles. The van der Waals surface area contributed by atoms with Crippen molar-refractivity contribution in [3.05, 3.63) is 37.4 Å². The maximum absolute atomic E-state index is 11.6. The molecular formula is C17H23N3O6. The highest BCUT2D eigenvalue weighted by atomic mass is 16.6. The van der Waals surface area contributed by atoms with E-state index in [1.165, 1.54) is 13.0 Å². The van der Waals surface area contributed by atoms with Gasteiger partial charge in [0.15, 0.2) is 5.69 Å². The first-order valence-corrected chi connectivity index (χ1v) is 8.80. The number of nitrogens with zero attached hydrogens (tertiary/aromatic N) is 2. The van der Waals surface area contributed by atoms with Crippen molar-refractivity contribution in [2.45, 2.75) is 58.3 Å². The fourth-order valence-corrected chi connectivity index (χ4v) is 4.30. The van der Waals surface area contributed by atoms with Crippen LogP contribution < -0.4 is 5.32 Å². The lowest BCUT2D eigenvalue weighted by atomic mass is 9.51. The molecule has 2 unspecified atom stereocenters. The van der Waals surface area contributed by atoms with E-state index in [4.69, 9.17) is 4.74 Å². The number of hydrogen-bond donors (Lipinski definition) is 2. The van der Waals surface area contributed by atoms with Gasteiger partial charge in [0.2, 0.25) is 0 Å². The summed E-state index contributed by atoms with van der Waals surface area (Å²) in [7, 11) is 0. The normalized spacial score (nSPS) is 23.2. The second kappa shape index (κ2) is 6.81. The average Bonchev–Trinajstić information content (AvgIpc) is 2.51. The summed E-state index contributed by atoms with van der Waals surface area (Å²) in [6, 6.07) is 1.13. The van der Waals surface area contributed by atoms with Crippen LogP contribution in [0.3, 0.4) is 0 Å². The molecule has 2 aliphatic carbocycles. The SMILES string of the molecule is CCOC1CC(Nc2c([N+](=O)[O-])cc(CO)c(C)c2[N+](=O)[O-])C12CCC2. The van der Waals surface area contributed by atoms with Gasteiger partial charge < -0.3 is 15.2 Å². The van der Waals surface area contributed by atoms with Crippen molar-refractivity contribution >= 4 is 17.1 Å². The van der Waals surface area contributed by atoms with Crippen LogP contribution in [-0.4, -0.2) is 33.7 Å². The number of nitro groups is 2. The smallest absolute Gasteiger partial charge is 0.302 e. The minimum absolute atomic E-state index is 0.0686. The van der Waals surface area contributed by atoms with Crippen molar-refractivity contribution in [2.75, 3.05) is 11.9 Å². The molecule has 3 rings (SSSR count). The Hall–Kier alpha value is -2.26. The van der Waals surface area contributed by atoms with E-state index in [1.54, 1.807) is 0 Å². The molecule has 2 fully saturated rings. The molecule has 0 radical (unpaired) electrons. The van der Waals surface area contributed by atoms with Crippen LogP contribution >= 0.6 is 0 Å². The predicted octanol–water partition coefficient (Wildman–Crippen LogP) is 3.06. The molecule has 1 aromatic rings. The number of hydrogen-bond acceptors (Lipinski definition) is 7. The lowest BCUT2D eigenvalue weighted by Gasteiger charge is -2.61. The van der Waals surface area contributed by atoms with E-state index in [-0.39, 0.29) is 45.7 Å². The van der Waals surface area contributed by atoms with Crippen molar-refractivity contribution in [1.29, 1.82) is 0 Å². The molecule has 0 bridgehead atoms. The van der Waals surface area contributed by atoms with Gasteiger partial charge in [0.05, 0.1) is 22.6 Å². The fourth-order valence-electron chi connectivity index (χ4n) is 4.30. The van der Waals surface area contributed by atoms with Crippen molar-refractivity contribution < 1.29 is 19.7 Å². The third kappa shape index (κ3) is 2.71. The highest BCUT2D eigenvalue weighted by Gasteiger charge is 2.59. The van der Waals surface area contributed by atoms with Crippen LogP contribution in [0.25, 0.3) is 0 Å². The minimum Gasteiger partial charge on any atom is -0.392 e. The first-order chi connectivity index (χ1) is 12.4. The third-order valence-electron chi connectivity index (χ3n) is 5.95. The molecule has 2 N–H and O–H groups in total. The van der Waals surface area contributed by atoms with Gasteiger partial charge in [-0.05, 0) is 38.7 Å². The molecule has 2 atom stereocenters. The molecule has 142 valence electrons. The van der Waals surface area contributed by atoms with Crippen LogP contribution in [0.4, 0.5) is 17.1 Å². The number of nitro benzene ring substituents is 2. The van der Waals surface area contributed by atoms with E-state index >= 15 is 0 Å². The summed E-state index contributed by atoms with van der Waals surface area (Å²) < 4.78 is 5.78. The molecule has 0 amide bonds. The van der Waals surface area contributed by atoms with E-state index in [2.05, 4.69) is 5.32 Å². The predicted molar refractivity (Wildman–Crippen MR) is 94.1 cm³/mol. The maximum Gasteiger partial charge on any atom is 0.302 e. The summed E-state index contributed by atoms with van der Waals surface area (Å²) in [5.41, 5.74) is -0.442. The van der Waals surface area contributed by atoms with Gasteiger partial charge in [-0.2, -0.15) is 0 Å². The summed E-state index contributed by atoms with van der Waals surface area (Å²) in [4.78, 5) is 21.9. The zero-order chi connectivity index (χ0) is 19.1. The van der Waals surface area contributed by atoms with Gasteiger partial charge in [0.1, 0.15) is 0 Å². The van der Waals surface area contributed by atoms with E-state index in [9.17, 15) is 25.3 Å². The monoisotopic (exact) mass is 365 g/mol. The Morgan fingerprint density at radius 2 is 2.04 bits per heavy atom. The zero-order valence-electron chi connectivity index (χ0n) is 14.9. The maximum atomic E-state index is 11.6. The number of anilines is 1. The number of ether oxygens (including phenoxy) is 1. The van der Waals surface area contributed by atoms with Crippen molar-refractivity contribution in [3.63, 3.8) is 0 Å². The van der Waals surface area contributed by atoms with Gasteiger partial charge in [0.25, 0.3) is 5.69 Å². The summed E-state index contributed by atoms with van der Waals surface area (Å²) >= 11 is 0. The van der Waals surface area contributed by atoms with Crippen LogP contribution in [-0.2, 0) is 11.3 Å². The Morgan fingerprint density at radius 3 is 2.50 bits per heavy atom. The first-order valence-electron chi connectivity index (χ1n) is 8.80. The number of benzene rings is 1. The fraction of sp³-hybridized carbons (Fsp3) is 0.647. The van der Waals surface area contributed by atoms with Gasteiger partial charge in [-0.15, -0.1) is 0 Å². The summed E-state index contributed by atoms with van der Waals surface area (Å²) in [6.07, 6.45) is 3.72. The molecular weight excluding hydrogens is 342 g/mol. The summed E-state index contributed by atoms with van der Waals surface area (Å²) in [5, 5.41) is 35.6. The molecule has 26 heavy (non-hydrogen) atoms. The van der Waals surface area contributed by atoms with E-state index < -0.39 is 16.5 Å². The zero-order valence-corrected chi connectivity index (χ0v) is 14.9. The average molecular weight is 365 g/mol. The number of rotatable bonds is 7. The van der Waals surface area contributed by atoms with Crippen molar-refractivity contribution in [1.82, 2.24) is 0 Å². The largest absolute Gasteiger partial charge is 0.392 e. The summed E-state index contributed by atoms with van der Waals surface area (Å²) in [5.74, 6) is 0. The number of aliphatic hydroxyl groups excluding tert-OH is 1. The Morgan fingerprint density at radius 1 is 1.35 bits per heavy atom. The molecule has 0 heterocycles.